The summed E-state index contributed by atoms with van der Waals surface area (Å²) < 4.78 is 21.2. The van der Waals surface area contributed by atoms with Gasteiger partial charge in [0.1, 0.15) is 11.9 Å². The normalized spacial score (nSPS) is 11.9. The van der Waals surface area contributed by atoms with Crippen molar-refractivity contribution in [1.82, 2.24) is 9.13 Å². The van der Waals surface area contributed by atoms with Gasteiger partial charge in [-0.05, 0) is 30.5 Å². The summed E-state index contributed by atoms with van der Waals surface area (Å²) in [5, 5.41) is 12.6. The molecule has 0 aliphatic heterocycles. The van der Waals surface area contributed by atoms with Crippen molar-refractivity contribution in [3.63, 3.8) is 0 Å². The first kappa shape index (κ1) is 20.1. The van der Waals surface area contributed by atoms with E-state index in [2.05, 4.69) is 11.2 Å². The molecular formula is C19H22FN3O4. The fourth-order valence-corrected chi connectivity index (χ4v) is 2.47. The summed E-state index contributed by atoms with van der Waals surface area (Å²) in [6.45, 7) is 4.81. The molecule has 0 saturated heterocycles. The van der Waals surface area contributed by atoms with Crippen LogP contribution < -0.4 is 11.0 Å². The molecule has 1 aromatic heterocycles. The van der Waals surface area contributed by atoms with Gasteiger partial charge in [-0.3, -0.25) is 4.57 Å². The van der Waals surface area contributed by atoms with Gasteiger partial charge >= 0.3 is 11.7 Å². The van der Waals surface area contributed by atoms with Crippen molar-refractivity contribution in [3.8, 4) is 18.2 Å². The summed E-state index contributed by atoms with van der Waals surface area (Å²) in [6, 6.07) is 3.79. The molecule has 7 nitrogen and oxygen atoms in total. The van der Waals surface area contributed by atoms with Crippen LogP contribution in [0, 0.1) is 31.0 Å². The number of ether oxygens (including phenoxy) is 1. The maximum atomic E-state index is 14.1. The van der Waals surface area contributed by atoms with Crippen LogP contribution in [0.25, 0.3) is 0 Å². The number of aryl methyl sites for hydroxylation is 1. The number of aromatic hydroxyl groups is 1. The maximum Gasteiger partial charge on any atom is 0.334 e. The Hall–Kier alpha value is -3.21. The number of carbonyl (C=O) groups excluding carboxylic acids is 1. The first-order chi connectivity index (χ1) is 12.7. The van der Waals surface area contributed by atoms with Crippen molar-refractivity contribution in [2.75, 3.05) is 5.32 Å². The number of hydrogen-bond donors (Lipinski definition) is 2. The van der Waals surface area contributed by atoms with Gasteiger partial charge in [-0.25, -0.2) is 18.5 Å². The molecule has 8 heteroatoms. The van der Waals surface area contributed by atoms with E-state index < -0.39 is 30.2 Å². The fraction of sp³-hybridized carbons (Fsp3) is 0.368. The lowest BCUT2D eigenvalue weighted by Gasteiger charge is -2.22. The van der Waals surface area contributed by atoms with Crippen molar-refractivity contribution in [2.45, 2.75) is 40.1 Å². The lowest BCUT2D eigenvalue weighted by atomic mass is 10.0. The van der Waals surface area contributed by atoms with Gasteiger partial charge in [-0.15, -0.1) is 6.42 Å². The van der Waals surface area contributed by atoms with Gasteiger partial charge in [0.25, 0.3) is 0 Å². The molecule has 0 fully saturated rings. The average Bonchev–Trinajstić information content (AvgIpc) is 2.85. The maximum absolute atomic E-state index is 14.1. The third kappa shape index (κ3) is 4.70. The lowest BCUT2D eigenvalue weighted by molar-refractivity contribution is -0.149. The van der Waals surface area contributed by atoms with E-state index >= 15 is 0 Å². The fourth-order valence-electron chi connectivity index (χ4n) is 2.47. The van der Waals surface area contributed by atoms with E-state index in [9.17, 15) is 19.1 Å². The first-order valence-corrected chi connectivity index (χ1v) is 8.36. The zero-order valence-electron chi connectivity index (χ0n) is 15.4. The summed E-state index contributed by atoms with van der Waals surface area (Å²) in [6.07, 6.45) is 6.32. The van der Waals surface area contributed by atoms with Gasteiger partial charge < -0.3 is 15.2 Å². The van der Waals surface area contributed by atoms with Crippen molar-refractivity contribution >= 4 is 11.7 Å². The highest BCUT2D eigenvalue weighted by Crippen LogP contribution is 2.19. The van der Waals surface area contributed by atoms with Gasteiger partial charge in [-0.2, -0.15) is 0 Å². The number of esters is 1. The number of nitrogens with zero attached hydrogens (tertiary/aromatic N) is 2. The van der Waals surface area contributed by atoms with Crippen molar-refractivity contribution in [1.29, 1.82) is 0 Å². The summed E-state index contributed by atoms with van der Waals surface area (Å²) in [7, 11) is 0. The van der Waals surface area contributed by atoms with Crippen LogP contribution in [0.5, 0.6) is 5.88 Å². The predicted molar refractivity (Wildman–Crippen MR) is 98.7 cm³/mol. The summed E-state index contributed by atoms with van der Waals surface area (Å²) in [5.41, 5.74) is 0.335. The van der Waals surface area contributed by atoms with E-state index in [4.69, 9.17) is 11.2 Å². The van der Waals surface area contributed by atoms with Crippen LogP contribution in [0.15, 0.2) is 29.2 Å². The van der Waals surface area contributed by atoms with Gasteiger partial charge in [0, 0.05) is 0 Å². The van der Waals surface area contributed by atoms with Crippen molar-refractivity contribution in [2.24, 2.45) is 5.92 Å². The number of aromatic nitrogens is 2. The standard InChI is InChI=1S/C19H22FN3O4/c1-5-8-22-10-16(24)23(19(22)26)11-27-18(25)17(12(2)3)21-15-7-6-13(4)9-14(15)20/h1,6-7,9-10,12,17,21,24H,8,11H2,2-4H3. The number of nitrogens with one attached hydrogen (secondary N) is 1. The number of benzene rings is 1. The van der Waals surface area contributed by atoms with E-state index in [1.807, 2.05) is 0 Å². The Kier molecular flexibility index (Phi) is 6.29. The molecule has 0 spiro atoms. The van der Waals surface area contributed by atoms with E-state index in [1.165, 1.54) is 6.07 Å². The minimum atomic E-state index is -0.840. The number of carbonyl (C=O) groups is 1. The molecule has 0 bridgehead atoms. The van der Waals surface area contributed by atoms with Crippen molar-refractivity contribution < 1.29 is 19.0 Å². The smallest absolute Gasteiger partial charge is 0.334 e. The number of imidazole rings is 1. The van der Waals surface area contributed by atoms with Gasteiger partial charge in [-0.1, -0.05) is 25.8 Å². The molecule has 0 aliphatic rings. The highest BCUT2D eigenvalue weighted by molar-refractivity contribution is 5.79. The molecule has 1 unspecified atom stereocenters. The van der Waals surface area contributed by atoms with E-state index in [1.54, 1.807) is 32.9 Å². The molecule has 2 rings (SSSR count). The summed E-state index contributed by atoms with van der Waals surface area (Å²) >= 11 is 0. The van der Waals surface area contributed by atoms with Crippen LogP contribution >= 0.6 is 0 Å². The van der Waals surface area contributed by atoms with Crippen LogP contribution in [-0.2, 0) is 22.8 Å². The third-order valence-electron chi connectivity index (χ3n) is 3.98. The predicted octanol–water partition coefficient (Wildman–Crippen LogP) is 2.07. The average molecular weight is 375 g/mol. The van der Waals surface area contributed by atoms with Crippen LogP contribution in [0.2, 0.25) is 0 Å². The SMILES string of the molecule is C#CCn1cc(O)n(COC(=O)C(Nc2ccc(C)cc2F)C(C)C)c1=O. The molecule has 0 saturated carbocycles. The second-order valence-corrected chi connectivity index (χ2v) is 6.47. The molecular weight excluding hydrogens is 353 g/mol. The van der Waals surface area contributed by atoms with Crippen LogP contribution in [0.4, 0.5) is 10.1 Å². The first-order valence-electron chi connectivity index (χ1n) is 8.36. The molecule has 0 aliphatic carbocycles. The highest BCUT2D eigenvalue weighted by atomic mass is 19.1. The second-order valence-electron chi connectivity index (χ2n) is 6.47. The van der Waals surface area contributed by atoms with E-state index in [0.29, 0.717) is 0 Å². The van der Waals surface area contributed by atoms with Gasteiger partial charge in [0.15, 0.2) is 6.73 Å². The monoisotopic (exact) mass is 375 g/mol. The zero-order valence-corrected chi connectivity index (χ0v) is 15.4. The number of rotatable bonds is 7. The zero-order chi connectivity index (χ0) is 20.1. The van der Waals surface area contributed by atoms with Crippen LogP contribution in [-0.4, -0.2) is 26.3 Å². The molecule has 1 heterocycles. The molecule has 1 aromatic carbocycles. The molecule has 1 atom stereocenters. The Morgan fingerprint density at radius 2 is 2.15 bits per heavy atom. The number of hydrogen-bond acceptors (Lipinski definition) is 5. The Morgan fingerprint density at radius 1 is 1.44 bits per heavy atom. The Bertz CT molecular complexity index is 924. The molecule has 0 amide bonds. The highest BCUT2D eigenvalue weighted by Gasteiger charge is 2.25. The molecule has 144 valence electrons. The second kappa shape index (κ2) is 8.45. The van der Waals surface area contributed by atoms with E-state index in [0.717, 1.165) is 20.9 Å². The molecule has 2 aromatic rings. The van der Waals surface area contributed by atoms with Crippen LogP contribution in [0.1, 0.15) is 19.4 Å². The molecule has 0 radical (unpaired) electrons. The third-order valence-corrected chi connectivity index (χ3v) is 3.98. The minimum Gasteiger partial charge on any atom is -0.493 e. The number of halogens is 1. The summed E-state index contributed by atoms with van der Waals surface area (Å²) in [5.74, 6) is 0.541. The van der Waals surface area contributed by atoms with Gasteiger partial charge in [0.2, 0.25) is 5.88 Å². The minimum absolute atomic E-state index is 0.0176. The Morgan fingerprint density at radius 3 is 2.74 bits per heavy atom. The Labute approximate surface area is 156 Å². The Balaban J connectivity index is 2.12. The topological polar surface area (TPSA) is 85.5 Å². The van der Waals surface area contributed by atoms with Crippen LogP contribution in [0.3, 0.4) is 0 Å². The van der Waals surface area contributed by atoms with E-state index in [-0.39, 0.29) is 24.0 Å². The number of terminal acetylenes is 1. The summed E-state index contributed by atoms with van der Waals surface area (Å²) in [4.78, 5) is 24.5. The number of anilines is 1. The van der Waals surface area contributed by atoms with Crippen molar-refractivity contribution in [3.05, 3.63) is 46.3 Å². The van der Waals surface area contributed by atoms with Gasteiger partial charge in [0.05, 0.1) is 18.4 Å². The lowest BCUT2D eigenvalue weighted by Crippen LogP contribution is -2.37. The molecule has 27 heavy (non-hydrogen) atoms. The largest absolute Gasteiger partial charge is 0.493 e. The quantitative estimate of drug-likeness (QED) is 0.572. The molecule has 2 N–H and O–H groups in total.